The van der Waals surface area contributed by atoms with E-state index in [0.717, 1.165) is 70.6 Å². The Morgan fingerprint density at radius 1 is 0.544 bits per heavy atom. The fourth-order valence-electron chi connectivity index (χ4n) is 6.84. The second-order valence-electron chi connectivity index (χ2n) is 15.9. The van der Waals surface area contributed by atoms with Crippen LogP contribution in [-0.2, 0) is 28.5 Å². The van der Waals surface area contributed by atoms with Crippen molar-refractivity contribution in [2.45, 2.75) is 230 Å². The van der Waals surface area contributed by atoms with Crippen LogP contribution in [0.25, 0.3) is 0 Å². The third-order valence-electron chi connectivity index (χ3n) is 10.5. The number of hydrogen-bond acceptors (Lipinski definition) is 10. The van der Waals surface area contributed by atoms with Gasteiger partial charge in [0.25, 0.3) is 0 Å². The topological polar surface area (TPSA) is 152 Å². The molecule has 332 valence electrons. The standard InChI is InChI=1S/C47H84O10/c1-3-5-7-9-11-13-15-17-18-19-20-21-22-24-26-28-30-32-34-36-43(50)56-40(39-55-47-46(53)45(52)44(51)41(37-48)57-47)38-54-42(49)35-33-31-29-27-25-23-16-14-12-10-8-6-4-2/h11,13,17-18,20-21,40-41,44-48,51-53H,3-10,12,14-16,19,22-39H2,1-2H3/b13-11-,18-17-,21-20-. The summed E-state index contributed by atoms with van der Waals surface area (Å²) in [5.41, 5.74) is 0. The fraction of sp³-hybridized carbons (Fsp3) is 0.830. The quantitative estimate of drug-likeness (QED) is 0.0270. The molecule has 1 heterocycles. The molecule has 1 saturated heterocycles. The van der Waals surface area contributed by atoms with Crippen LogP contribution in [0.1, 0.15) is 194 Å². The van der Waals surface area contributed by atoms with E-state index in [2.05, 4.69) is 50.3 Å². The zero-order chi connectivity index (χ0) is 41.6. The number of ether oxygens (including phenoxy) is 4. The van der Waals surface area contributed by atoms with Gasteiger partial charge in [0.15, 0.2) is 12.4 Å². The summed E-state index contributed by atoms with van der Waals surface area (Å²) in [6.07, 6.45) is 35.7. The molecule has 0 aromatic carbocycles. The van der Waals surface area contributed by atoms with Crippen LogP contribution in [0.5, 0.6) is 0 Å². The van der Waals surface area contributed by atoms with Crippen LogP contribution in [-0.4, -0.2) is 89.0 Å². The van der Waals surface area contributed by atoms with Crippen molar-refractivity contribution in [3.8, 4) is 0 Å². The fourth-order valence-corrected chi connectivity index (χ4v) is 6.84. The molecular weight excluding hydrogens is 725 g/mol. The van der Waals surface area contributed by atoms with Crippen molar-refractivity contribution in [1.29, 1.82) is 0 Å². The van der Waals surface area contributed by atoms with E-state index in [1.165, 1.54) is 89.9 Å². The van der Waals surface area contributed by atoms with Gasteiger partial charge < -0.3 is 39.4 Å². The molecule has 0 aromatic heterocycles. The maximum atomic E-state index is 12.8. The third kappa shape index (κ3) is 29.7. The lowest BCUT2D eigenvalue weighted by Gasteiger charge is -2.39. The van der Waals surface area contributed by atoms with Crippen molar-refractivity contribution in [3.05, 3.63) is 36.5 Å². The van der Waals surface area contributed by atoms with E-state index in [9.17, 15) is 30.0 Å². The Hall–Kier alpha value is -2.08. The molecule has 57 heavy (non-hydrogen) atoms. The molecule has 6 unspecified atom stereocenters. The maximum absolute atomic E-state index is 12.8. The first kappa shape index (κ1) is 52.9. The number of aliphatic hydroxyl groups is 4. The van der Waals surface area contributed by atoms with E-state index in [0.29, 0.717) is 6.42 Å². The van der Waals surface area contributed by atoms with Gasteiger partial charge in [0.1, 0.15) is 31.0 Å². The van der Waals surface area contributed by atoms with Gasteiger partial charge in [-0.1, -0.05) is 166 Å². The predicted molar refractivity (Wildman–Crippen MR) is 229 cm³/mol. The first-order chi connectivity index (χ1) is 27.8. The number of unbranched alkanes of at least 4 members (excludes halogenated alkanes) is 21. The highest BCUT2D eigenvalue weighted by molar-refractivity contribution is 5.70. The van der Waals surface area contributed by atoms with E-state index >= 15 is 0 Å². The van der Waals surface area contributed by atoms with E-state index in [1.54, 1.807) is 0 Å². The number of carbonyl (C=O) groups excluding carboxylic acids is 2. The van der Waals surface area contributed by atoms with Gasteiger partial charge in [-0.2, -0.15) is 0 Å². The maximum Gasteiger partial charge on any atom is 0.306 e. The largest absolute Gasteiger partial charge is 0.462 e. The predicted octanol–water partition coefficient (Wildman–Crippen LogP) is 9.89. The van der Waals surface area contributed by atoms with Crippen molar-refractivity contribution in [1.82, 2.24) is 0 Å². The summed E-state index contributed by atoms with van der Waals surface area (Å²) in [6, 6.07) is 0. The lowest BCUT2D eigenvalue weighted by molar-refractivity contribution is -0.305. The molecule has 6 atom stereocenters. The highest BCUT2D eigenvalue weighted by Gasteiger charge is 2.44. The number of rotatable bonds is 38. The number of carbonyl (C=O) groups is 2. The van der Waals surface area contributed by atoms with Crippen molar-refractivity contribution in [2.24, 2.45) is 0 Å². The number of aliphatic hydroxyl groups excluding tert-OH is 4. The SMILES string of the molecule is CCCCC/C=C\C/C=C\C/C=C\CCCCCCCCC(=O)OC(COC(=O)CCCCCCCCCCCCCCC)COC1OC(CO)C(O)C(O)C1O. The Kier molecular flexibility index (Phi) is 35.4. The Morgan fingerprint density at radius 3 is 1.51 bits per heavy atom. The molecule has 1 aliphatic rings. The van der Waals surface area contributed by atoms with Crippen LogP contribution in [0.15, 0.2) is 36.5 Å². The Morgan fingerprint density at radius 2 is 0.982 bits per heavy atom. The van der Waals surface area contributed by atoms with E-state index < -0.39 is 49.4 Å². The van der Waals surface area contributed by atoms with E-state index in [1.807, 2.05) is 0 Å². The van der Waals surface area contributed by atoms with Gasteiger partial charge in [-0.3, -0.25) is 9.59 Å². The van der Waals surface area contributed by atoms with Gasteiger partial charge in [-0.15, -0.1) is 0 Å². The Balaban J connectivity index is 2.32. The van der Waals surface area contributed by atoms with Crippen LogP contribution in [0.4, 0.5) is 0 Å². The van der Waals surface area contributed by atoms with Crippen LogP contribution >= 0.6 is 0 Å². The summed E-state index contributed by atoms with van der Waals surface area (Å²) in [5.74, 6) is -0.817. The number of allylic oxidation sites excluding steroid dienone is 6. The van der Waals surface area contributed by atoms with Crippen molar-refractivity contribution >= 4 is 11.9 Å². The first-order valence-corrected chi connectivity index (χ1v) is 23.1. The zero-order valence-corrected chi connectivity index (χ0v) is 36.1. The highest BCUT2D eigenvalue weighted by atomic mass is 16.7. The van der Waals surface area contributed by atoms with Crippen LogP contribution in [0, 0.1) is 0 Å². The molecule has 1 aliphatic heterocycles. The van der Waals surface area contributed by atoms with Crippen molar-refractivity contribution < 1.29 is 49.0 Å². The van der Waals surface area contributed by atoms with Crippen molar-refractivity contribution in [2.75, 3.05) is 19.8 Å². The molecule has 10 heteroatoms. The summed E-state index contributed by atoms with van der Waals surface area (Å²) in [4.78, 5) is 25.3. The molecule has 0 aromatic rings. The van der Waals surface area contributed by atoms with Gasteiger partial charge >= 0.3 is 11.9 Å². The van der Waals surface area contributed by atoms with Gasteiger partial charge in [0.05, 0.1) is 13.2 Å². The minimum Gasteiger partial charge on any atom is -0.462 e. The lowest BCUT2D eigenvalue weighted by Crippen LogP contribution is -2.59. The normalized spacial score (nSPS) is 20.6. The smallest absolute Gasteiger partial charge is 0.306 e. The number of esters is 2. The minimum absolute atomic E-state index is 0.217. The highest BCUT2D eigenvalue weighted by Crippen LogP contribution is 2.23. The molecule has 0 spiro atoms. The molecule has 10 nitrogen and oxygen atoms in total. The van der Waals surface area contributed by atoms with Gasteiger partial charge in [-0.25, -0.2) is 0 Å². The minimum atomic E-state index is -1.60. The molecule has 0 radical (unpaired) electrons. The van der Waals surface area contributed by atoms with E-state index in [-0.39, 0.29) is 32.0 Å². The Bertz CT molecular complexity index is 1030. The monoisotopic (exact) mass is 809 g/mol. The van der Waals surface area contributed by atoms with Crippen LogP contribution in [0.2, 0.25) is 0 Å². The zero-order valence-electron chi connectivity index (χ0n) is 36.1. The van der Waals surface area contributed by atoms with Crippen LogP contribution in [0.3, 0.4) is 0 Å². The van der Waals surface area contributed by atoms with Gasteiger partial charge in [0, 0.05) is 12.8 Å². The number of hydrogen-bond donors (Lipinski definition) is 4. The molecule has 0 bridgehead atoms. The average molecular weight is 809 g/mol. The second-order valence-corrected chi connectivity index (χ2v) is 15.9. The van der Waals surface area contributed by atoms with Gasteiger partial charge in [-0.05, 0) is 51.4 Å². The lowest BCUT2D eigenvalue weighted by atomic mass is 9.99. The molecular formula is C47H84O10. The molecule has 1 rings (SSSR count). The van der Waals surface area contributed by atoms with Gasteiger partial charge in [0.2, 0.25) is 0 Å². The van der Waals surface area contributed by atoms with E-state index in [4.69, 9.17) is 18.9 Å². The molecule has 0 saturated carbocycles. The average Bonchev–Trinajstić information content (AvgIpc) is 3.21. The molecule has 4 N–H and O–H groups in total. The summed E-state index contributed by atoms with van der Waals surface area (Å²) in [5, 5.41) is 40.1. The summed E-state index contributed by atoms with van der Waals surface area (Å²) in [6.45, 7) is 3.39. The Labute approximate surface area is 346 Å². The third-order valence-corrected chi connectivity index (χ3v) is 10.5. The summed E-state index contributed by atoms with van der Waals surface area (Å²) < 4.78 is 22.2. The second kappa shape index (κ2) is 38.1. The molecule has 0 amide bonds. The molecule has 1 fully saturated rings. The van der Waals surface area contributed by atoms with Crippen LogP contribution < -0.4 is 0 Å². The summed E-state index contributed by atoms with van der Waals surface area (Å²) >= 11 is 0. The van der Waals surface area contributed by atoms with Crippen molar-refractivity contribution in [3.63, 3.8) is 0 Å². The molecule has 0 aliphatic carbocycles. The summed E-state index contributed by atoms with van der Waals surface area (Å²) in [7, 11) is 0. The first-order valence-electron chi connectivity index (χ1n) is 23.1.